The summed E-state index contributed by atoms with van der Waals surface area (Å²) in [5.41, 5.74) is 1.75. The summed E-state index contributed by atoms with van der Waals surface area (Å²) in [5.74, 6) is -1.41. The van der Waals surface area contributed by atoms with Gasteiger partial charge < -0.3 is 5.32 Å². The molecule has 1 saturated carbocycles. The number of rotatable bonds is 5. The van der Waals surface area contributed by atoms with E-state index in [1.165, 1.54) is 12.1 Å². The number of nitrogens with zero attached hydrogens (tertiary/aromatic N) is 2. The first-order valence-corrected chi connectivity index (χ1v) is 9.28. The van der Waals surface area contributed by atoms with Gasteiger partial charge in [0.05, 0.1) is 6.54 Å². The monoisotopic (exact) mass is 396 g/mol. The van der Waals surface area contributed by atoms with Crippen LogP contribution in [-0.4, -0.2) is 46.9 Å². The van der Waals surface area contributed by atoms with Gasteiger partial charge in [0.2, 0.25) is 0 Å². The van der Waals surface area contributed by atoms with E-state index in [4.69, 9.17) is 11.6 Å². The summed E-state index contributed by atoms with van der Waals surface area (Å²) in [7, 11) is 1.62. The predicted molar refractivity (Wildman–Crippen MR) is 97.1 cm³/mol. The van der Waals surface area contributed by atoms with Gasteiger partial charge in [-0.25, -0.2) is 9.18 Å². The smallest absolute Gasteiger partial charge is 0.322 e. The van der Waals surface area contributed by atoms with Crippen molar-refractivity contribution < 1.29 is 18.8 Å². The number of benzene rings is 1. The summed E-state index contributed by atoms with van der Waals surface area (Å²) >= 11 is 6.00. The van der Waals surface area contributed by atoms with Gasteiger partial charge in [-0.15, -0.1) is 0 Å². The number of carbonyl (C=O) groups is 3. The van der Waals surface area contributed by atoms with E-state index in [9.17, 15) is 18.8 Å². The zero-order valence-electron chi connectivity index (χ0n) is 15.1. The molecule has 1 spiro atoms. The topological polar surface area (TPSA) is 81.8 Å². The van der Waals surface area contributed by atoms with Crippen molar-refractivity contribution >= 4 is 29.4 Å². The molecule has 2 N–H and O–H groups in total. The van der Waals surface area contributed by atoms with E-state index in [1.807, 2.05) is 0 Å². The van der Waals surface area contributed by atoms with Crippen LogP contribution in [0, 0.1) is 5.82 Å². The lowest BCUT2D eigenvalue weighted by Gasteiger charge is -2.30. The molecule has 1 aromatic carbocycles. The summed E-state index contributed by atoms with van der Waals surface area (Å²) < 4.78 is 13.9. The Morgan fingerprint density at radius 1 is 1.33 bits per heavy atom. The molecule has 1 aliphatic heterocycles. The van der Waals surface area contributed by atoms with Gasteiger partial charge in [-0.05, 0) is 32.0 Å². The number of nitrogens with one attached hydrogen (secondary N) is 2. The molecule has 1 saturated heterocycles. The molecule has 0 unspecified atom stereocenters. The molecule has 3 rings (SSSR count). The first kappa shape index (κ1) is 19.6. The van der Waals surface area contributed by atoms with Crippen LogP contribution in [0.4, 0.5) is 9.18 Å². The zero-order valence-corrected chi connectivity index (χ0v) is 15.8. The highest BCUT2D eigenvalue weighted by atomic mass is 35.5. The number of amides is 4. The number of hydrogen-bond acceptors (Lipinski definition) is 4. The Morgan fingerprint density at radius 2 is 2.04 bits per heavy atom. The van der Waals surface area contributed by atoms with E-state index in [-0.39, 0.29) is 23.7 Å². The van der Waals surface area contributed by atoms with Crippen molar-refractivity contribution in [3.63, 3.8) is 0 Å². The number of urea groups is 1. The number of hydrazine groups is 1. The van der Waals surface area contributed by atoms with E-state index in [2.05, 4.69) is 10.7 Å². The van der Waals surface area contributed by atoms with Gasteiger partial charge >= 0.3 is 6.03 Å². The number of hydrogen-bond donors (Lipinski definition) is 2. The summed E-state index contributed by atoms with van der Waals surface area (Å²) in [5, 5.41) is 3.76. The lowest BCUT2D eigenvalue weighted by molar-refractivity contribution is -0.140. The van der Waals surface area contributed by atoms with Crippen LogP contribution in [0.2, 0.25) is 5.02 Å². The van der Waals surface area contributed by atoms with E-state index in [0.717, 1.165) is 24.3 Å². The minimum Gasteiger partial charge on any atom is -0.322 e. The van der Waals surface area contributed by atoms with E-state index in [1.54, 1.807) is 18.0 Å². The van der Waals surface area contributed by atoms with Gasteiger partial charge in [-0.1, -0.05) is 36.9 Å². The van der Waals surface area contributed by atoms with Crippen LogP contribution in [0.5, 0.6) is 0 Å². The second-order valence-electron chi connectivity index (χ2n) is 7.12. The Bertz CT molecular complexity index is 747. The van der Waals surface area contributed by atoms with E-state index in [0.29, 0.717) is 12.8 Å². The van der Waals surface area contributed by atoms with Gasteiger partial charge in [-0.3, -0.25) is 19.9 Å². The molecule has 146 valence electrons. The third-order valence-corrected chi connectivity index (χ3v) is 5.36. The molecule has 1 aliphatic carbocycles. The minimum absolute atomic E-state index is 0.114. The van der Waals surface area contributed by atoms with Crippen molar-refractivity contribution in [1.29, 1.82) is 0 Å². The fourth-order valence-electron chi connectivity index (χ4n) is 3.63. The van der Waals surface area contributed by atoms with Gasteiger partial charge in [0, 0.05) is 17.1 Å². The molecule has 1 aromatic rings. The molecule has 4 amide bonds. The number of likely N-dealkylation sites (N-methyl/N-ethyl adjacent to an activating group) is 1. The van der Waals surface area contributed by atoms with Crippen molar-refractivity contribution in [1.82, 2.24) is 20.7 Å². The first-order valence-electron chi connectivity index (χ1n) is 8.90. The molecule has 7 nitrogen and oxygen atoms in total. The highest BCUT2D eigenvalue weighted by Gasteiger charge is 2.52. The average Bonchev–Trinajstić information content (AvgIpc) is 2.83. The van der Waals surface area contributed by atoms with E-state index >= 15 is 0 Å². The third-order valence-electron chi connectivity index (χ3n) is 5.01. The molecule has 2 fully saturated rings. The predicted octanol–water partition coefficient (Wildman–Crippen LogP) is 2.20. The fourth-order valence-corrected chi connectivity index (χ4v) is 3.85. The number of carbonyl (C=O) groups excluding carboxylic acids is 3. The van der Waals surface area contributed by atoms with Crippen molar-refractivity contribution in [2.45, 2.75) is 44.2 Å². The SMILES string of the molecule is CN(CC(=O)NN1C(=O)NC2(CCCCC2)C1=O)Cc1c(F)cccc1Cl. The summed E-state index contributed by atoms with van der Waals surface area (Å²) in [6.45, 7) is -0.0161. The Kier molecular flexibility index (Phi) is 5.67. The third kappa shape index (κ3) is 4.06. The van der Waals surface area contributed by atoms with Gasteiger partial charge in [0.25, 0.3) is 11.8 Å². The second kappa shape index (κ2) is 7.82. The summed E-state index contributed by atoms with van der Waals surface area (Å²) in [4.78, 5) is 38.6. The quantitative estimate of drug-likeness (QED) is 0.747. The van der Waals surface area contributed by atoms with Crippen LogP contribution in [0.15, 0.2) is 18.2 Å². The lowest BCUT2D eigenvalue weighted by Crippen LogP contribution is -2.52. The maximum Gasteiger partial charge on any atom is 0.344 e. The molecular formula is C18H22ClFN4O3. The van der Waals surface area contributed by atoms with Gasteiger partial charge in [-0.2, -0.15) is 5.01 Å². The maximum absolute atomic E-state index is 13.9. The largest absolute Gasteiger partial charge is 0.344 e. The number of halogens is 2. The fraction of sp³-hybridized carbons (Fsp3) is 0.500. The first-order chi connectivity index (χ1) is 12.8. The normalized spacial score (nSPS) is 18.9. The van der Waals surface area contributed by atoms with Crippen LogP contribution in [0.3, 0.4) is 0 Å². The Balaban J connectivity index is 1.59. The molecule has 0 aromatic heterocycles. The lowest BCUT2D eigenvalue weighted by atomic mass is 9.82. The molecule has 2 aliphatic rings. The molecule has 1 heterocycles. The van der Waals surface area contributed by atoms with Crippen LogP contribution in [-0.2, 0) is 16.1 Å². The van der Waals surface area contributed by atoms with Gasteiger partial charge in [0.1, 0.15) is 11.4 Å². The molecular weight excluding hydrogens is 375 g/mol. The Labute approximate surface area is 161 Å². The van der Waals surface area contributed by atoms with Crippen LogP contribution in [0.1, 0.15) is 37.7 Å². The molecule has 0 radical (unpaired) electrons. The Hall–Kier alpha value is -2.19. The second-order valence-corrected chi connectivity index (χ2v) is 7.53. The zero-order chi connectivity index (χ0) is 19.6. The number of imide groups is 1. The summed E-state index contributed by atoms with van der Waals surface area (Å²) in [6.07, 6.45) is 3.91. The highest BCUT2D eigenvalue weighted by Crippen LogP contribution is 2.33. The van der Waals surface area contributed by atoms with Crippen LogP contribution < -0.4 is 10.7 Å². The van der Waals surface area contributed by atoms with E-state index < -0.39 is 29.2 Å². The van der Waals surface area contributed by atoms with Crippen molar-refractivity contribution in [2.24, 2.45) is 0 Å². The average molecular weight is 397 g/mol. The molecule has 0 atom stereocenters. The summed E-state index contributed by atoms with van der Waals surface area (Å²) in [6, 6.07) is 3.76. The van der Waals surface area contributed by atoms with Gasteiger partial charge in [0.15, 0.2) is 0 Å². The van der Waals surface area contributed by atoms with Crippen LogP contribution in [0.25, 0.3) is 0 Å². The highest BCUT2D eigenvalue weighted by molar-refractivity contribution is 6.31. The molecule has 27 heavy (non-hydrogen) atoms. The van der Waals surface area contributed by atoms with Crippen molar-refractivity contribution in [3.8, 4) is 0 Å². The van der Waals surface area contributed by atoms with Crippen molar-refractivity contribution in [3.05, 3.63) is 34.6 Å². The minimum atomic E-state index is -0.894. The van der Waals surface area contributed by atoms with Crippen LogP contribution >= 0.6 is 11.6 Å². The standard InChI is InChI=1S/C18H22ClFN4O3/c1-23(10-12-13(19)6-5-7-14(12)20)11-15(25)22-24-16(26)18(21-17(24)27)8-3-2-4-9-18/h5-7H,2-4,8-11H2,1H3,(H,21,27)(H,22,25). The molecule has 9 heteroatoms. The Morgan fingerprint density at radius 3 is 2.70 bits per heavy atom. The maximum atomic E-state index is 13.9. The van der Waals surface area contributed by atoms with Crippen molar-refractivity contribution in [2.75, 3.05) is 13.6 Å². The molecule has 0 bridgehead atoms.